The van der Waals surface area contributed by atoms with Gasteiger partial charge < -0.3 is 21.1 Å². The van der Waals surface area contributed by atoms with Crippen molar-refractivity contribution in [3.8, 4) is 0 Å². The van der Waals surface area contributed by atoms with Gasteiger partial charge in [-0.15, -0.1) is 5.10 Å². The number of pyridine rings is 1. The molecule has 5 rings (SSSR count). The molecule has 2 saturated carbocycles. The molecule has 0 radical (unpaired) electrons. The molecule has 0 spiro atoms. The normalized spacial score (nSPS) is 21.1. The van der Waals surface area contributed by atoms with Crippen molar-refractivity contribution in [3.63, 3.8) is 0 Å². The summed E-state index contributed by atoms with van der Waals surface area (Å²) in [6, 6.07) is 3.90. The molecule has 1 amide bonds. The van der Waals surface area contributed by atoms with Gasteiger partial charge in [0, 0.05) is 24.3 Å². The fourth-order valence-electron chi connectivity index (χ4n) is 3.84. The van der Waals surface area contributed by atoms with Crippen LogP contribution < -0.4 is 16.0 Å². The predicted octanol–water partition coefficient (Wildman–Crippen LogP) is 2.81. The summed E-state index contributed by atoms with van der Waals surface area (Å²) in [5.41, 5.74) is 1.58. The maximum Gasteiger partial charge on any atom is 0.276 e. The number of anilines is 3. The standard InChI is InChI=1S/C21H24FN7O2/c22-15-10-23-8-7-16(15)27-21(31)18-11-24-20-17(25-12-1-2-12)9-19(28-29(18)20)26-13-3-5-14(30)6-4-13/h7-14,25,30H,1-6H2,(H,26,28)(H,23,27,31)/t13-,14-. The number of nitrogens with one attached hydrogen (secondary N) is 3. The molecular weight excluding hydrogens is 401 g/mol. The Morgan fingerprint density at radius 2 is 1.81 bits per heavy atom. The van der Waals surface area contributed by atoms with E-state index in [-0.39, 0.29) is 23.5 Å². The van der Waals surface area contributed by atoms with Gasteiger partial charge in [-0.05, 0) is 44.6 Å². The summed E-state index contributed by atoms with van der Waals surface area (Å²) in [5, 5.41) is 23.8. The number of carbonyl (C=O) groups is 1. The van der Waals surface area contributed by atoms with Gasteiger partial charge in [-0.3, -0.25) is 9.78 Å². The van der Waals surface area contributed by atoms with Crippen LogP contribution in [0.25, 0.3) is 5.65 Å². The number of imidazole rings is 1. The summed E-state index contributed by atoms with van der Waals surface area (Å²) in [6.45, 7) is 0. The third-order valence-corrected chi connectivity index (χ3v) is 5.71. The lowest BCUT2D eigenvalue weighted by Crippen LogP contribution is -2.29. The van der Waals surface area contributed by atoms with Gasteiger partial charge in [0.2, 0.25) is 0 Å². The Labute approximate surface area is 178 Å². The molecule has 3 aromatic rings. The van der Waals surface area contributed by atoms with Crippen LogP contribution in [0.3, 0.4) is 0 Å². The molecular formula is C21H24FN7O2. The zero-order valence-electron chi connectivity index (χ0n) is 16.9. The highest BCUT2D eigenvalue weighted by Gasteiger charge is 2.25. The fourth-order valence-corrected chi connectivity index (χ4v) is 3.84. The molecule has 2 aliphatic rings. The molecule has 9 nitrogen and oxygen atoms in total. The topological polar surface area (TPSA) is 116 Å². The Kier molecular flexibility index (Phi) is 5.14. The largest absolute Gasteiger partial charge is 0.393 e. The highest BCUT2D eigenvalue weighted by Crippen LogP contribution is 2.30. The summed E-state index contributed by atoms with van der Waals surface area (Å²) in [5.74, 6) is -0.504. The zero-order chi connectivity index (χ0) is 21.4. The lowest BCUT2D eigenvalue weighted by molar-refractivity contribution is 0.101. The molecule has 0 aliphatic heterocycles. The quantitative estimate of drug-likeness (QED) is 0.480. The van der Waals surface area contributed by atoms with Crippen molar-refractivity contribution in [1.29, 1.82) is 0 Å². The third-order valence-electron chi connectivity index (χ3n) is 5.71. The van der Waals surface area contributed by atoms with Gasteiger partial charge in [-0.1, -0.05) is 0 Å². The van der Waals surface area contributed by atoms with Crippen LogP contribution in [0.4, 0.5) is 21.6 Å². The number of aromatic nitrogens is 4. The smallest absolute Gasteiger partial charge is 0.276 e. The van der Waals surface area contributed by atoms with Crippen molar-refractivity contribution < 1.29 is 14.3 Å². The van der Waals surface area contributed by atoms with Crippen molar-refractivity contribution in [1.82, 2.24) is 19.6 Å². The van der Waals surface area contributed by atoms with E-state index >= 15 is 0 Å². The van der Waals surface area contributed by atoms with E-state index in [1.54, 1.807) is 0 Å². The number of hydrogen-bond donors (Lipinski definition) is 4. The predicted molar refractivity (Wildman–Crippen MR) is 114 cm³/mol. The number of fused-ring (bicyclic) bond motifs is 1. The fraction of sp³-hybridized carbons (Fsp3) is 0.429. The van der Waals surface area contributed by atoms with Crippen molar-refractivity contribution in [2.24, 2.45) is 0 Å². The van der Waals surface area contributed by atoms with Crippen molar-refractivity contribution >= 4 is 28.7 Å². The lowest BCUT2D eigenvalue weighted by atomic mass is 9.93. The van der Waals surface area contributed by atoms with Gasteiger partial charge in [-0.25, -0.2) is 13.9 Å². The molecule has 10 heteroatoms. The summed E-state index contributed by atoms with van der Waals surface area (Å²) >= 11 is 0. The minimum atomic E-state index is -0.615. The molecule has 2 fully saturated rings. The summed E-state index contributed by atoms with van der Waals surface area (Å²) in [6.07, 6.45) is 9.05. The Morgan fingerprint density at radius 1 is 1.06 bits per heavy atom. The number of nitrogens with zero attached hydrogens (tertiary/aromatic N) is 4. The number of halogens is 1. The van der Waals surface area contributed by atoms with E-state index < -0.39 is 11.7 Å². The van der Waals surface area contributed by atoms with Gasteiger partial charge >= 0.3 is 0 Å². The van der Waals surface area contributed by atoms with Crippen LogP contribution in [0.15, 0.2) is 30.7 Å². The molecule has 0 saturated heterocycles. The Morgan fingerprint density at radius 3 is 2.55 bits per heavy atom. The Balaban J connectivity index is 1.46. The van der Waals surface area contributed by atoms with E-state index in [0.717, 1.165) is 50.4 Å². The van der Waals surface area contributed by atoms with Gasteiger partial charge in [0.05, 0.1) is 29.9 Å². The van der Waals surface area contributed by atoms with Crippen LogP contribution in [-0.2, 0) is 0 Å². The summed E-state index contributed by atoms with van der Waals surface area (Å²) in [7, 11) is 0. The first-order valence-corrected chi connectivity index (χ1v) is 10.6. The van der Waals surface area contributed by atoms with Crippen molar-refractivity contribution in [2.45, 2.75) is 56.7 Å². The maximum absolute atomic E-state index is 13.9. The van der Waals surface area contributed by atoms with E-state index in [2.05, 4.69) is 31.0 Å². The first-order chi connectivity index (χ1) is 15.1. The highest BCUT2D eigenvalue weighted by atomic mass is 19.1. The van der Waals surface area contributed by atoms with E-state index in [9.17, 15) is 14.3 Å². The average Bonchev–Trinajstić information content (AvgIpc) is 3.47. The van der Waals surface area contributed by atoms with Gasteiger partial charge in [-0.2, -0.15) is 0 Å². The number of aliphatic hydroxyl groups excluding tert-OH is 1. The molecule has 31 heavy (non-hydrogen) atoms. The molecule has 3 aromatic heterocycles. The average molecular weight is 425 g/mol. The summed E-state index contributed by atoms with van der Waals surface area (Å²) < 4.78 is 15.4. The van der Waals surface area contributed by atoms with Crippen LogP contribution in [0.2, 0.25) is 0 Å². The van der Waals surface area contributed by atoms with Crippen molar-refractivity contribution in [2.75, 3.05) is 16.0 Å². The lowest BCUT2D eigenvalue weighted by Gasteiger charge is -2.26. The van der Waals surface area contributed by atoms with Crippen molar-refractivity contribution in [3.05, 3.63) is 42.2 Å². The molecule has 0 bridgehead atoms. The first-order valence-electron chi connectivity index (χ1n) is 10.6. The van der Waals surface area contributed by atoms with Crippen LogP contribution in [0.5, 0.6) is 0 Å². The molecule has 2 aliphatic carbocycles. The number of rotatable bonds is 6. The van der Waals surface area contributed by atoms with E-state index in [4.69, 9.17) is 0 Å². The van der Waals surface area contributed by atoms with Gasteiger partial charge in [0.25, 0.3) is 5.91 Å². The second kappa shape index (κ2) is 8.10. The van der Waals surface area contributed by atoms with E-state index in [1.165, 1.54) is 23.0 Å². The van der Waals surface area contributed by atoms with Crippen LogP contribution >= 0.6 is 0 Å². The number of carbonyl (C=O) groups excluding carboxylic acids is 1. The minimum Gasteiger partial charge on any atom is -0.393 e. The first kappa shape index (κ1) is 19.7. The molecule has 3 heterocycles. The van der Waals surface area contributed by atoms with Crippen LogP contribution in [-0.4, -0.2) is 48.8 Å². The van der Waals surface area contributed by atoms with Gasteiger partial charge in [0.15, 0.2) is 17.2 Å². The monoisotopic (exact) mass is 425 g/mol. The number of aliphatic hydroxyl groups is 1. The Bertz CT molecular complexity index is 1110. The molecule has 162 valence electrons. The second-order valence-electron chi connectivity index (χ2n) is 8.20. The summed E-state index contributed by atoms with van der Waals surface area (Å²) in [4.78, 5) is 20.9. The van der Waals surface area contributed by atoms with E-state index in [1.807, 2.05) is 6.07 Å². The Hall–Kier alpha value is -3.27. The van der Waals surface area contributed by atoms with Gasteiger partial charge in [0.1, 0.15) is 5.82 Å². The van der Waals surface area contributed by atoms with Crippen LogP contribution in [0, 0.1) is 5.82 Å². The molecule has 0 atom stereocenters. The SMILES string of the molecule is O=C(Nc1ccncc1F)c1cnc2c(NC3CC3)cc(N[C@H]3CC[C@H](O)CC3)nn12. The zero-order valence-corrected chi connectivity index (χ0v) is 16.9. The third kappa shape index (κ3) is 4.29. The highest BCUT2D eigenvalue weighted by molar-refractivity contribution is 6.03. The molecule has 0 unspecified atom stereocenters. The maximum atomic E-state index is 13.9. The van der Waals surface area contributed by atoms with E-state index in [0.29, 0.717) is 17.5 Å². The molecule has 0 aromatic carbocycles. The van der Waals surface area contributed by atoms with Crippen LogP contribution in [0.1, 0.15) is 49.0 Å². The minimum absolute atomic E-state index is 0.0429. The number of amides is 1. The number of hydrogen-bond acceptors (Lipinski definition) is 7. The second-order valence-corrected chi connectivity index (χ2v) is 8.20. The molecule has 4 N–H and O–H groups in total.